The van der Waals surface area contributed by atoms with Crippen LogP contribution >= 0.6 is 0 Å². The van der Waals surface area contributed by atoms with Crippen molar-refractivity contribution in [2.24, 2.45) is 0 Å². The number of hydrogen-bond acceptors (Lipinski definition) is 4. The molecule has 0 saturated carbocycles. The average Bonchev–Trinajstić information content (AvgIpc) is 3.71. The molecular formula is C55H35N3O. The Morgan fingerprint density at radius 1 is 0.288 bits per heavy atom. The first-order chi connectivity index (χ1) is 29.2. The molecule has 276 valence electrons. The highest BCUT2D eigenvalue weighted by Crippen LogP contribution is 2.41. The molecule has 4 heteroatoms. The van der Waals surface area contributed by atoms with Crippen molar-refractivity contribution >= 4 is 32.7 Å². The smallest absolute Gasteiger partial charge is 0.164 e. The molecule has 0 amide bonds. The lowest BCUT2D eigenvalue weighted by molar-refractivity contribution is 0.670. The van der Waals surface area contributed by atoms with Gasteiger partial charge in [-0.15, -0.1) is 0 Å². The highest BCUT2D eigenvalue weighted by molar-refractivity contribution is 6.15. The molecule has 0 aliphatic rings. The summed E-state index contributed by atoms with van der Waals surface area (Å²) in [6.07, 6.45) is 0. The number of aromatic nitrogens is 3. The first-order valence-electron chi connectivity index (χ1n) is 19.8. The van der Waals surface area contributed by atoms with Gasteiger partial charge in [0, 0.05) is 33.0 Å². The van der Waals surface area contributed by atoms with Crippen molar-refractivity contribution in [1.82, 2.24) is 15.0 Å². The normalized spacial score (nSPS) is 11.4. The largest absolute Gasteiger partial charge is 0.455 e. The van der Waals surface area contributed by atoms with E-state index < -0.39 is 0 Å². The Hall–Kier alpha value is -7.95. The predicted octanol–water partition coefficient (Wildman–Crippen LogP) is 14.6. The fourth-order valence-corrected chi connectivity index (χ4v) is 8.21. The Morgan fingerprint density at radius 3 is 1.44 bits per heavy atom. The second kappa shape index (κ2) is 14.5. The Balaban J connectivity index is 1.08. The monoisotopic (exact) mass is 753 g/mol. The van der Waals surface area contributed by atoms with Crippen LogP contribution < -0.4 is 0 Å². The topological polar surface area (TPSA) is 51.8 Å². The fourth-order valence-electron chi connectivity index (χ4n) is 8.21. The van der Waals surface area contributed by atoms with Gasteiger partial charge in [0.25, 0.3) is 0 Å². The van der Waals surface area contributed by atoms with Crippen LogP contribution in [0.5, 0.6) is 0 Å². The molecule has 4 nitrogen and oxygen atoms in total. The van der Waals surface area contributed by atoms with Crippen LogP contribution in [0.1, 0.15) is 0 Å². The predicted molar refractivity (Wildman–Crippen MR) is 243 cm³/mol. The summed E-state index contributed by atoms with van der Waals surface area (Å²) in [5, 5.41) is 4.27. The maximum atomic E-state index is 6.73. The fraction of sp³-hybridized carbons (Fsp3) is 0. The van der Waals surface area contributed by atoms with Crippen LogP contribution in [0.15, 0.2) is 217 Å². The van der Waals surface area contributed by atoms with E-state index in [2.05, 4.69) is 182 Å². The van der Waals surface area contributed by atoms with Gasteiger partial charge in [-0.3, -0.25) is 0 Å². The molecule has 0 saturated heterocycles. The zero-order chi connectivity index (χ0) is 39.1. The van der Waals surface area contributed by atoms with E-state index in [1.807, 2.05) is 30.3 Å². The zero-order valence-electron chi connectivity index (χ0n) is 32.0. The number of furan rings is 1. The molecule has 0 spiro atoms. The van der Waals surface area contributed by atoms with Crippen molar-refractivity contribution in [3.05, 3.63) is 212 Å². The van der Waals surface area contributed by atoms with Gasteiger partial charge in [-0.05, 0) is 61.8 Å². The Labute approximate surface area is 341 Å². The number of benzene rings is 9. The highest BCUT2D eigenvalue weighted by Gasteiger charge is 2.20. The van der Waals surface area contributed by atoms with Gasteiger partial charge in [0.05, 0.1) is 0 Å². The van der Waals surface area contributed by atoms with Gasteiger partial charge in [-0.1, -0.05) is 200 Å². The quantitative estimate of drug-likeness (QED) is 0.163. The maximum absolute atomic E-state index is 6.73. The van der Waals surface area contributed by atoms with Crippen molar-refractivity contribution in [3.63, 3.8) is 0 Å². The van der Waals surface area contributed by atoms with E-state index in [1.165, 1.54) is 11.1 Å². The van der Waals surface area contributed by atoms with E-state index in [4.69, 9.17) is 19.4 Å². The summed E-state index contributed by atoms with van der Waals surface area (Å²) < 4.78 is 6.73. The molecule has 0 aliphatic heterocycles. The van der Waals surface area contributed by atoms with E-state index in [-0.39, 0.29) is 0 Å². The third-order valence-electron chi connectivity index (χ3n) is 11.2. The molecule has 59 heavy (non-hydrogen) atoms. The number of hydrogen-bond donors (Lipinski definition) is 0. The summed E-state index contributed by atoms with van der Waals surface area (Å²) in [5.41, 5.74) is 13.4. The van der Waals surface area contributed by atoms with Crippen molar-refractivity contribution in [1.29, 1.82) is 0 Å². The second-order valence-electron chi connectivity index (χ2n) is 14.8. The molecule has 2 heterocycles. The first kappa shape index (κ1) is 34.3. The van der Waals surface area contributed by atoms with Gasteiger partial charge >= 0.3 is 0 Å². The molecule has 9 aromatic carbocycles. The minimum Gasteiger partial charge on any atom is -0.455 e. The average molecular weight is 754 g/mol. The number of para-hydroxylation sites is 1. The molecule has 0 fully saturated rings. The van der Waals surface area contributed by atoms with E-state index >= 15 is 0 Å². The van der Waals surface area contributed by atoms with Gasteiger partial charge in [0.15, 0.2) is 17.5 Å². The highest BCUT2D eigenvalue weighted by atomic mass is 16.3. The lowest BCUT2D eigenvalue weighted by atomic mass is 9.96. The summed E-state index contributed by atoms with van der Waals surface area (Å²) in [4.78, 5) is 15.7. The van der Waals surface area contributed by atoms with Crippen LogP contribution in [0, 0.1) is 0 Å². The number of rotatable bonds is 7. The summed E-state index contributed by atoms with van der Waals surface area (Å²) in [6.45, 7) is 0. The summed E-state index contributed by atoms with van der Waals surface area (Å²) >= 11 is 0. The van der Waals surface area contributed by atoms with Crippen LogP contribution in [-0.2, 0) is 0 Å². The van der Waals surface area contributed by atoms with Crippen LogP contribution in [0.25, 0.3) is 111 Å². The second-order valence-corrected chi connectivity index (χ2v) is 14.8. The SMILES string of the molecule is c1ccc(-c2ccc(-c3nc(-c4ccc5cccc(-c6ccccc6)c5c4)nc(-c4cccc5oc6c(-c7ccc(-c8ccccc8)cc7)cccc6c45)n3)cc2)cc1. The van der Waals surface area contributed by atoms with Crippen LogP contribution in [-0.4, -0.2) is 15.0 Å². The van der Waals surface area contributed by atoms with Crippen molar-refractivity contribution < 1.29 is 4.42 Å². The molecule has 11 rings (SSSR count). The summed E-state index contributed by atoms with van der Waals surface area (Å²) in [5.74, 6) is 1.79. The Morgan fingerprint density at radius 2 is 0.763 bits per heavy atom. The Bertz CT molecular complexity index is 3280. The molecule has 0 N–H and O–H groups in total. The zero-order valence-corrected chi connectivity index (χ0v) is 32.0. The van der Waals surface area contributed by atoms with Gasteiger partial charge in [0.1, 0.15) is 11.2 Å². The minimum absolute atomic E-state index is 0.583. The molecule has 0 bridgehead atoms. The van der Waals surface area contributed by atoms with E-state index in [0.717, 1.165) is 82.8 Å². The molecule has 0 unspecified atom stereocenters. The molecule has 0 atom stereocenters. The molecule has 11 aromatic rings. The van der Waals surface area contributed by atoms with Crippen LogP contribution in [0.3, 0.4) is 0 Å². The molecule has 2 aromatic heterocycles. The van der Waals surface area contributed by atoms with Gasteiger partial charge in [-0.2, -0.15) is 0 Å². The molecule has 0 aliphatic carbocycles. The van der Waals surface area contributed by atoms with E-state index in [1.54, 1.807) is 0 Å². The minimum atomic E-state index is 0.583. The first-order valence-corrected chi connectivity index (χ1v) is 19.8. The van der Waals surface area contributed by atoms with Gasteiger partial charge < -0.3 is 4.42 Å². The van der Waals surface area contributed by atoms with Crippen molar-refractivity contribution in [3.8, 4) is 78.7 Å². The number of fused-ring (bicyclic) bond motifs is 4. The summed E-state index contributed by atoms with van der Waals surface area (Å²) in [7, 11) is 0. The van der Waals surface area contributed by atoms with E-state index in [0.29, 0.717) is 17.5 Å². The standard InChI is InChI=1S/C55H35N3O/c1-4-13-36(14-5-1)38-25-29-42(30-26-38)46-21-11-22-47-51-48(23-12-24-50(51)59-52(46)47)55-57-53(43-32-27-39(28-33-43)37-15-6-2-7-16-37)56-54(58-55)44-34-31-41-19-10-20-45(49(41)35-44)40-17-8-3-9-18-40/h1-35H. The lowest BCUT2D eigenvalue weighted by Crippen LogP contribution is -2.00. The van der Waals surface area contributed by atoms with Gasteiger partial charge in [0.2, 0.25) is 0 Å². The van der Waals surface area contributed by atoms with Crippen LogP contribution in [0.2, 0.25) is 0 Å². The molecular weight excluding hydrogens is 719 g/mol. The lowest BCUT2D eigenvalue weighted by Gasteiger charge is -2.12. The van der Waals surface area contributed by atoms with Gasteiger partial charge in [-0.25, -0.2) is 15.0 Å². The third kappa shape index (κ3) is 6.34. The van der Waals surface area contributed by atoms with E-state index in [9.17, 15) is 0 Å². The molecule has 0 radical (unpaired) electrons. The maximum Gasteiger partial charge on any atom is 0.164 e. The van der Waals surface area contributed by atoms with Crippen molar-refractivity contribution in [2.75, 3.05) is 0 Å². The van der Waals surface area contributed by atoms with Crippen molar-refractivity contribution in [2.45, 2.75) is 0 Å². The Kier molecular flexibility index (Phi) is 8.45. The summed E-state index contributed by atoms with van der Waals surface area (Å²) in [6, 6.07) is 74.0. The number of nitrogens with zero attached hydrogens (tertiary/aromatic N) is 3. The third-order valence-corrected chi connectivity index (χ3v) is 11.2. The van der Waals surface area contributed by atoms with Crippen LogP contribution in [0.4, 0.5) is 0 Å².